The largest absolute Gasteiger partial charge is 0.377 e. The van der Waals surface area contributed by atoms with Crippen molar-refractivity contribution in [2.24, 2.45) is 0 Å². The highest BCUT2D eigenvalue weighted by molar-refractivity contribution is 8.47. The maximum atomic E-state index is 12.7. The number of ether oxygens (including phenoxy) is 3. The molecule has 1 N–H and O–H groups in total. The van der Waals surface area contributed by atoms with Gasteiger partial charge in [-0.25, -0.2) is 0 Å². The van der Waals surface area contributed by atoms with Crippen molar-refractivity contribution in [3.8, 4) is 0 Å². The Bertz CT molecular complexity index is 386. The molecule has 0 bridgehead atoms. The van der Waals surface area contributed by atoms with E-state index in [0.717, 1.165) is 6.42 Å². The molecule has 1 aliphatic heterocycles. The van der Waals surface area contributed by atoms with Gasteiger partial charge in [0.15, 0.2) is 0 Å². The molecule has 0 radical (unpaired) electrons. The quantitative estimate of drug-likeness (QED) is 0.378. The van der Waals surface area contributed by atoms with Gasteiger partial charge in [-0.15, -0.1) is 0 Å². The van der Waals surface area contributed by atoms with Gasteiger partial charge >= 0.3 is 0 Å². The molecular formula is C14H31BNO4PS. The summed E-state index contributed by atoms with van der Waals surface area (Å²) in [4.78, 5) is 0. The summed E-state index contributed by atoms with van der Waals surface area (Å²) in [7, 11) is 1.99. The summed E-state index contributed by atoms with van der Waals surface area (Å²) in [6, 6.07) is -0.239. The Morgan fingerprint density at radius 2 is 2.00 bits per heavy atom. The number of hydrogen-bond acceptors (Lipinski definition) is 4. The van der Waals surface area contributed by atoms with Crippen LogP contribution >= 0.6 is 18.7 Å². The van der Waals surface area contributed by atoms with E-state index in [2.05, 4.69) is 24.3 Å². The van der Waals surface area contributed by atoms with Crippen LogP contribution in [0.25, 0.3) is 0 Å². The Labute approximate surface area is 141 Å². The molecule has 0 amide bonds. The van der Waals surface area contributed by atoms with Gasteiger partial charge in [0, 0.05) is 12.3 Å². The third kappa shape index (κ3) is 5.84. The SMILES string of the molecule is B[C@@H]1O[C@H](COC(C)C)C(NP(=O)(S)C(C)C)[C@@H]1OCCC. The summed E-state index contributed by atoms with van der Waals surface area (Å²) in [5.74, 6) is 0. The first-order valence-electron chi connectivity index (χ1n) is 8.18. The van der Waals surface area contributed by atoms with Crippen LogP contribution in [-0.2, 0) is 18.8 Å². The van der Waals surface area contributed by atoms with E-state index in [0.29, 0.717) is 13.2 Å². The number of thiol groups is 1. The Morgan fingerprint density at radius 3 is 2.50 bits per heavy atom. The molecule has 1 heterocycles. The van der Waals surface area contributed by atoms with Crippen molar-refractivity contribution in [1.29, 1.82) is 0 Å². The van der Waals surface area contributed by atoms with E-state index in [1.165, 1.54) is 0 Å². The molecule has 1 aliphatic rings. The zero-order chi connectivity index (χ0) is 16.9. The average Bonchev–Trinajstić information content (AvgIpc) is 2.69. The lowest BCUT2D eigenvalue weighted by molar-refractivity contribution is -0.0246. The van der Waals surface area contributed by atoms with Gasteiger partial charge in [-0.3, -0.25) is 9.65 Å². The summed E-state index contributed by atoms with van der Waals surface area (Å²) in [6.07, 6.45) is 0.743. The molecule has 0 aliphatic carbocycles. The van der Waals surface area contributed by atoms with E-state index in [1.54, 1.807) is 0 Å². The minimum Gasteiger partial charge on any atom is -0.377 e. The van der Waals surface area contributed by atoms with Gasteiger partial charge in [-0.1, -0.05) is 33.0 Å². The molecule has 130 valence electrons. The Kier molecular flexibility index (Phi) is 8.49. The normalized spacial score (nSPS) is 31.8. The van der Waals surface area contributed by atoms with E-state index in [-0.39, 0.29) is 36.0 Å². The van der Waals surface area contributed by atoms with Crippen molar-refractivity contribution in [3.05, 3.63) is 0 Å². The molecule has 0 aromatic rings. The summed E-state index contributed by atoms with van der Waals surface area (Å²) in [6.45, 7) is 8.21. The third-order valence-corrected chi connectivity index (χ3v) is 7.55. The number of rotatable bonds is 9. The van der Waals surface area contributed by atoms with E-state index in [9.17, 15) is 4.57 Å². The van der Waals surface area contributed by atoms with Gasteiger partial charge < -0.3 is 14.2 Å². The lowest BCUT2D eigenvalue weighted by Crippen LogP contribution is -2.46. The molecule has 0 spiro atoms. The number of nitrogens with one attached hydrogen (secondary N) is 1. The van der Waals surface area contributed by atoms with E-state index < -0.39 is 6.49 Å². The Hall–Kier alpha value is 0.485. The summed E-state index contributed by atoms with van der Waals surface area (Å²) in [5, 5.41) is 3.21. The molecule has 8 heteroatoms. The maximum absolute atomic E-state index is 12.7. The highest BCUT2D eigenvalue weighted by Gasteiger charge is 2.45. The highest BCUT2D eigenvalue weighted by atomic mass is 32.7. The van der Waals surface area contributed by atoms with Crippen LogP contribution in [0.3, 0.4) is 0 Å². The second kappa shape index (κ2) is 9.09. The molecular weight excluding hydrogens is 320 g/mol. The zero-order valence-electron chi connectivity index (χ0n) is 14.6. The summed E-state index contributed by atoms with van der Waals surface area (Å²) < 4.78 is 30.3. The Balaban J connectivity index is 2.84. The topological polar surface area (TPSA) is 56.8 Å². The smallest absolute Gasteiger partial charge is 0.200 e. The third-order valence-electron chi connectivity index (χ3n) is 3.75. The van der Waals surface area contributed by atoms with Gasteiger partial charge in [0.2, 0.25) is 6.49 Å². The van der Waals surface area contributed by atoms with Crippen LogP contribution in [0.15, 0.2) is 0 Å². The van der Waals surface area contributed by atoms with Crippen molar-refractivity contribution in [2.45, 2.75) is 77.1 Å². The van der Waals surface area contributed by atoms with Crippen molar-refractivity contribution in [3.63, 3.8) is 0 Å². The van der Waals surface area contributed by atoms with Crippen molar-refractivity contribution in [2.75, 3.05) is 13.2 Å². The second-order valence-corrected chi connectivity index (χ2v) is 10.8. The molecule has 5 atom stereocenters. The van der Waals surface area contributed by atoms with Crippen LogP contribution in [0.4, 0.5) is 0 Å². The van der Waals surface area contributed by atoms with Gasteiger partial charge in [-0.05, 0) is 20.3 Å². The monoisotopic (exact) mass is 351 g/mol. The summed E-state index contributed by atoms with van der Waals surface area (Å²) >= 11 is 4.36. The van der Waals surface area contributed by atoms with Crippen molar-refractivity contribution in [1.82, 2.24) is 5.09 Å². The van der Waals surface area contributed by atoms with E-state index in [4.69, 9.17) is 14.2 Å². The van der Waals surface area contributed by atoms with Crippen molar-refractivity contribution < 1.29 is 18.8 Å². The lowest BCUT2D eigenvalue weighted by atomic mass is 9.92. The van der Waals surface area contributed by atoms with Crippen LogP contribution in [0.5, 0.6) is 0 Å². The fraction of sp³-hybridized carbons (Fsp3) is 1.00. The minimum atomic E-state index is -2.77. The maximum Gasteiger partial charge on any atom is 0.200 e. The molecule has 1 fully saturated rings. The Morgan fingerprint density at radius 1 is 1.36 bits per heavy atom. The van der Waals surface area contributed by atoms with Crippen LogP contribution in [-0.4, -0.2) is 57.1 Å². The number of hydrogen-bond donors (Lipinski definition) is 2. The van der Waals surface area contributed by atoms with Gasteiger partial charge in [0.1, 0.15) is 7.85 Å². The first-order chi connectivity index (χ1) is 10.2. The minimum absolute atomic E-state index is 0.0507. The molecule has 22 heavy (non-hydrogen) atoms. The average molecular weight is 351 g/mol. The molecule has 5 nitrogen and oxygen atoms in total. The first-order valence-corrected chi connectivity index (χ1v) is 11.1. The molecule has 0 saturated carbocycles. The van der Waals surface area contributed by atoms with E-state index in [1.807, 2.05) is 35.5 Å². The molecule has 0 aromatic heterocycles. The van der Waals surface area contributed by atoms with E-state index >= 15 is 0 Å². The van der Waals surface area contributed by atoms with Crippen molar-refractivity contribution >= 4 is 26.6 Å². The fourth-order valence-corrected chi connectivity index (χ4v) is 3.82. The predicted octanol–water partition coefficient (Wildman–Crippen LogP) is 2.05. The molecule has 1 rings (SSSR count). The van der Waals surface area contributed by atoms with Crippen LogP contribution in [0.1, 0.15) is 41.0 Å². The highest BCUT2D eigenvalue weighted by Crippen LogP contribution is 2.52. The van der Waals surface area contributed by atoms with Crippen LogP contribution in [0.2, 0.25) is 0 Å². The van der Waals surface area contributed by atoms with Gasteiger partial charge in [0.05, 0.1) is 37.0 Å². The molecule has 2 unspecified atom stereocenters. The van der Waals surface area contributed by atoms with Crippen LogP contribution in [0, 0.1) is 0 Å². The zero-order valence-corrected chi connectivity index (χ0v) is 16.4. The molecule has 1 saturated heterocycles. The van der Waals surface area contributed by atoms with Crippen LogP contribution < -0.4 is 5.09 Å². The van der Waals surface area contributed by atoms with Gasteiger partial charge in [-0.2, -0.15) is 0 Å². The summed E-state index contributed by atoms with van der Waals surface area (Å²) in [5.41, 5.74) is -0.0507. The molecule has 0 aromatic carbocycles. The first kappa shape index (κ1) is 20.5. The second-order valence-electron chi connectivity index (χ2n) is 6.47. The van der Waals surface area contributed by atoms with Gasteiger partial charge in [0.25, 0.3) is 0 Å². The standard InChI is InChI=1S/C14H31BNO4PS/c1-6-7-18-13-12(16-21(17,22)10(4)5)11(20-14(13)15)8-19-9(2)3/h9-14H,6-8,15H2,1-5H3,(H2,16,17,22)/t11-,12?,13+,14-,21?/m1/s1. The lowest BCUT2D eigenvalue weighted by Gasteiger charge is -2.29. The predicted molar refractivity (Wildman–Crippen MR) is 97.0 cm³/mol. The fourth-order valence-electron chi connectivity index (χ4n) is 2.38.